The molecule has 0 fully saturated rings. The number of oxime groups is 1. The minimum absolute atomic E-state index is 0.0785. The number of aromatic nitrogens is 3. The Balaban J connectivity index is 2.33. The molecule has 2 aromatic carbocycles. The van der Waals surface area contributed by atoms with Crippen LogP contribution in [0.15, 0.2) is 47.6 Å². The van der Waals surface area contributed by atoms with Gasteiger partial charge in [-0.3, -0.25) is 0 Å². The molecule has 3 aromatic rings. The van der Waals surface area contributed by atoms with E-state index < -0.39 is 0 Å². The van der Waals surface area contributed by atoms with Gasteiger partial charge in [-0.25, -0.2) is 4.68 Å². The second kappa shape index (κ2) is 4.82. The van der Waals surface area contributed by atoms with Gasteiger partial charge >= 0.3 is 0 Å². The van der Waals surface area contributed by atoms with Gasteiger partial charge in [0.15, 0.2) is 5.84 Å². The van der Waals surface area contributed by atoms with Crippen LogP contribution < -0.4 is 5.73 Å². The fourth-order valence-electron chi connectivity index (χ4n) is 2.04. The van der Waals surface area contributed by atoms with E-state index in [-0.39, 0.29) is 5.84 Å². The van der Waals surface area contributed by atoms with Crippen LogP contribution in [0.2, 0.25) is 5.02 Å². The number of para-hydroxylation sites is 1. The number of rotatable bonds is 2. The summed E-state index contributed by atoms with van der Waals surface area (Å²) in [5, 5.41) is 20.5. The maximum absolute atomic E-state index is 8.91. The number of hydrogen-bond acceptors (Lipinski definition) is 4. The van der Waals surface area contributed by atoms with Crippen LogP contribution in [0.4, 0.5) is 0 Å². The van der Waals surface area contributed by atoms with E-state index in [0.29, 0.717) is 16.3 Å². The zero-order valence-corrected chi connectivity index (χ0v) is 11.0. The molecule has 1 aromatic heterocycles. The Kier molecular flexibility index (Phi) is 3.00. The zero-order chi connectivity index (χ0) is 14.1. The lowest BCUT2D eigenvalue weighted by atomic mass is 10.1. The first-order chi connectivity index (χ1) is 9.72. The van der Waals surface area contributed by atoms with E-state index in [0.717, 1.165) is 11.0 Å². The lowest BCUT2D eigenvalue weighted by Crippen LogP contribution is -2.17. The molecule has 0 saturated carbocycles. The summed E-state index contributed by atoms with van der Waals surface area (Å²) in [6.07, 6.45) is 0. The van der Waals surface area contributed by atoms with Gasteiger partial charge in [0, 0.05) is 0 Å². The second-order valence-corrected chi connectivity index (χ2v) is 4.52. The van der Waals surface area contributed by atoms with Gasteiger partial charge in [-0.1, -0.05) is 40.2 Å². The average molecular weight is 288 g/mol. The molecule has 20 heavy (non-hydrogen) atoms. The number of hydrogen-bond donors (Lipinski definition) is 2. The van der Waals surface area contributed by atoms with Crippen LogP contribution in [-0.4, -0.2) is 26.0 Å². The van der Waals surface area contributed by atoms with Crippen molar-refractivity contribution >= 4 is 28.5 Å². The molecule has 0 bridgehead atoms. The first-order valence-electron chi connectivity index (χ1n) is 5.79. The fourth-order valence-corrected chi connectivity index (χ4v) is 2.31. The molecule has 0 aliphatic rings. The highest BCUT2D eigenvalue weighted by Gasteiger charge is 2.16. The molecule has 1 heterocycles. The third-order valence-corrected chi connectivity index (χ3v) is 3.25. The van der Waals surface area contributed by atoms with Gasteiger partial charge in [0.05, 0.1) is 21.8 Å². The maximum atomic E-state index is 8.91. The van der Waals surface area contributed by atoms with Crippen LogP contribution in [0.5, 0.6) is 0 Å². The third-order valence-electron chi connectivity index (χ3n) is 2.94. The minimum atomic E-state index is -0.0785. The molecule has 7 heteroatoms. The standard InChI is InChI=1S/C13H10ClN5O/c14-8-4-3-7-11(12(8)13(15)17-20)19-10-6-2-1-5-9(10)16-18-19/h1-7,20H,(H2,15,17). The Morgan fingerprint density at radius 2 is 2.00 bits per heavy atom. The Morgan fingerprint density at radius 1 is 1.20 bits per heavy atom. The summed E-state index contributed by atoms with van der Waals surface area (Å²) in [5.41, 5.74) is 8.26. The van der Waals surface area contributed by atoms with E-state index in [2.05, 4.69) is 15.5 Å². The van der Waals surface area contributed by atoms with E-state index in [9.17, 15) is 0 Å². The van der Waals surface area contributed by atoms with Gasteiger partial charge in [-0.05, 0) is 24.3 Å². The maximum Gasteiger partial charge on any atom is 0.173 e. The highest BCUT2D eigenvalue weighted by atomic mass is 35.5. The van der Waals surface area contributed by atoms with Crippen molar-refractivity contribution < 1.29 is 5.21 Å². The molecule has 0 saturated heterocycles. The molecule has 100 valence electrons. The molecule has 3 N–H and O–H groups in total. The quantitative estimate of drug-likeness (QED) is 0.327. The van der Waals surface area contributed by atoms with Crippen LogP contribution in [0.25, 0.3) is 16.7 Å². The minimum Gasteiger partial charge on any atom is -0.409 e. The zero-order valence-electron chi connectivity index (χ0n) is 10.2. The molecular formula is C13H10ClN5O. The predicted molar refractivity (Wildman–Crippen MR) is 76.4 cm³/mol. The van der Waals surface area contributed by atoms with Crippen LogP contribution >= 0.6 is 11.6 Å². The summed E-state index contributed by atoms with van der Waals surface area (Å²) in [4.78, 5) is 0. The van der Waals surface area contributed by atoms with E-state index in [1.807, 2.05) is 24.3 Å². The van der Waals surface area contributed by atoms with E-state index in [4.69, 9.17) is 22.5 Å². The van der Waals surface area contributed by atoms with E-state index >= 15 is 0 Å². The molecule has 0 aliphatic heterocycles. The number of benzene rings is 2. The summed E-state index contributed by atoms with van der Waals surface area (Å²) in [6, 6.07) is 12.7. The smallest absolute Gasteiger partial charge is 0.173 e. The van der Waals surface area contributed by atoms with Gasteiger partial charge in [0.1, 0.15) is 5.52 Å². The van der Waals surface area contributed by atoms with Gasteiger partial charge in [-0.15, -0.1) is 5.10 Å². The SMILES string of the molecule is NC(=NO)c1c(Cl)cccc1-n1nnc2ccccc21. The van der Waals surface area contributed by atoms with Crippen molar-refractivity contribution in [2.75, 3.05) is 0 Å². The largest absolute Gasteiger partial charge is 0.409 e. The molecule has 0 spiro atoms. The lowest BCUT2D eigenvalue weighted by Gasteiger charge is -2.10. The first-order valence-corrected chi connectivity index (χ1v) is 6.17. The number of nitrogens with zero attached hydrogens (tertiary/aromatic N) is 4. The summed E-state index contributed by atoms with van der Waals surface area (Å²) in [6.45, 7) is 0. The Bertz CT molecular complexity index is 811. The summed E-state index contributed by atoms with van der Waals surface area (Å²) < 4.78 is 1.61. The Hall–Kier alpha value is -2.60. The van der Waals surface area contributed by atoms with Gasteiger partial charge in [0.25, 0.3) is 0 Å². The lowest BCUT2D eigenvalue weighted by molar-refractivity contribution is 0.318. The molecular weight excluding hydrogens is 278 g/mol. The summed E-state index contributed by atoms with van der Waals surface area (Å²) >= 11 is 6.14. The van der Waals surface area contributed by atoms with E-state index in [1.54, 1.807) is 22.9 Å². The average Bonchev–Trinajstić information content (AvgIpc) is 2.90. The summed E-state index contributed by atoms with van der Waals surface area (Å²) in [5.74, 6) is -0.0785. The highest BCUT2D eigenvalue weighted by Crippen LogP contribution is 2.25. The molecule has 0 atom stereocenters. The first kappa shape index (κ1) is 12.4. The topological polar surface area (TPSA) is 89.3 Å². The van der Waals surface area contributed by atoms with Crippen molar-refractivity contribution in [1.29, 1.82) is 0 Å². The van der Waals surface area contributed by atoms with Gasteiger partial charge in [0.2, 0.25) is 0 Å². The molecule has 6 nitrogen and oxygen atoms in total. The predicted octanol–water partition coefficient (Wildman–Crippen LogP) is 2.17. The second-order valence-electron chi connectivity index (χ2n) is 4.11. The van der Waals surface area contributed by atoms with Gasteiger partial charge in [-0.2, -0.15) is 0 Å². The highest BCUT2D eigenvalue weighted by molar-refractivity contribution is 6.34. The number of nitrogens with two attached hydrogens (primary N) is 1. The van der Waals surface area contributed by atoms with Gasteiger partial charge < -0.3 is 10.9 Å². The number of fused-ring (bicyclic) bond motifs is 1. The van der Waals surface area contributed by atoms with Crippen LogP contribution in [0.3, 0.4) is 0 Å². The van der Waals surface area contributed by atoms with Crippen molar-refractivity contribution in [3.8, 4) is 5.69 Å². The monoisotopic (exact) mass is 287 g/mol. The molecule has 0 aliphatic carbocycles. The van der Waals surface area contributed by atoms with Crippen molar-refractivity contribution in [1.82, 2.24) is 15.0 Å². The number of halogens is 1. The summed E-state index contributed by atoms with van der Waals surface area (Å²) in [7, 11) is 0. The third kappa shape index (κ3) is 1.86. The van der Waals surface area contributed by atoms with Crippen molar-refractivity contribution in [3.05, 3.63) is 53.1 Å². The normalized spacial score (nSPS) is 11.9. The molecule has 3 rings (SSSR count). The van der Waals surface area contributed by atoms with Crippen LogP contribution in [0.1, 0.15) is 5.56 Å². The fraction of sp³-hybridized carbons (Fsp3) is 0. The van der Waals surface area contributed by atoms with Crippen molar-refractivity contribution in [3.63, 3.8) is 0 Å². The molecule has 0 radical (unpaired) electrons. The molecule has 0 amide bonds. The van der Waals surface area contributed by atoms with Crippen LogP contribution in [0, 0.1) is 0 Å². The van der Waals surface area contributed by atoms with Crippen molar-refractivity contribution in [2.45, 2.75) is 0 Å². The van der Waals surface area contributed by atoms with Crippen LogP contribution in [-0.2, 0) is 0 Å². The van der Waals surface area contributed by atoms with Crippen molar-refractivity contribution in [2.24, 2.45) is 10.9 Å². The van der Waals surface area contributed by atoms with E-state index in [1.165, 1.54) is 0 Å². The Morgan fingerprint density at radius 3 is 2.80 bits per heavy atom. The molecule has 0 unspecified atom stereocenters. The Labute approximate surface area is 119 Å². The number of amidine groups is 1.